The fourth-order valence-corrected chi connectivity index (χ4v) is 1.38. The molecule has 0 aliphatic carbocycles. The van der Waals surface area contributed by atoms with Crippen LogP contribution in [0.15, 0.2) is 18.2 Å². The van der Waals surface area contributed by atoms with Crippen molar-refractivity contribution in [2.24, 2.45) is 5.73 Å². The molecule has 0 aromatic heterocycles. The van der Waals surface area contributed by atoms with Gasteiger partial charge in [0.05, 0.1) is 0 Å². The maximum atomic E-state index is 8.65. The van der Waals surface area contributed by atoms with E-state index in [1.807, 2.05) is 13.0 Å². The normalized spacial score (nSPS) is 14.1. The van der Waals surface area contributed by atoms with Crippen molar-refractivity contribution in [3.05, 3.63) is 28.8 Å². The molecule has 15 heavy (non-hydrogen) atoms. The van der Waals surface area contributed by atoms with Crippen LogP contribution in [0.1, 0.15) is 25.5 Å². The number of nitrogens with zero attached hydrogens (tertiary/aromatic N) is 1. The highest BCUT2D eigenvalue weighted by molar-refractivity contribution is 6.30. The molecular weight excluding hydrogens is 212 g/mol. The van der Waals surface area contributed by atoms with Crippen molar-refractivity contribution in [2.45, 2.75) is 26.0 Å². The van der Waals surface area contributed by atoms with Crippen molar-refractivity contribution < 1.29 is 4.74 Å². The van der Waals surface area contributed by atoms with Gasteiger partial charge < -0.3 is 10.5 Å². The lowest BCUT2D eigenvalue weighted by atomic mass is 10.1. The van der Waals surface area contributed by atoms with Gasteiger partial charge in [-0.2, -0.15) is 5.26 Å². The average Bonchev–Trinajstić information content (AvgIpc) is 2.20. The fraction of sp³-hybridized carbons (Fsp3) is 0.364. The molecule has 0 radical (unpaired) electrons. The van der Waals surface area contributed by atoms with Gasteiger partial charge in [0.2, 0.25) is 0 Å². The quantitative estimate of drug-likeness (QED) is 0.859. The van der Waals surface area contributed by atoms with Gasteiger partial charge in [0.1, 0.15) is 11.8 Å². The molecule has 0 aliphatic heterocycles. The lowest BCUT2D eigenvalue weighted by Crippen LogP contribution is -2.13. The largest absolute Gasteiger partial charge is 0.476 e. The van der Waals surface area contributed by atoms with Crippen LogP contribution >= 0.6 is 11.6 Å². The molecule has 1 aromatic rings. The van der Waals surface area contributed by atoms with Gasteiger partial charge in [-0.05, 0) is 32.0 Å². The van der Waals surface area contributed by atoms with Gasteiger partial charge >= 0.3 is 0 Å². The Morgan fingerprint density at radius 1 is 1.47 bits per heavy atom. The average molecular weight is 225 g/mol. The molecule has 0 spiro atoms. The Kier molecular flexibility index (Phi) is 3.96. The van der Waals surface area contributed by atoms with Crippen molar-refractivity contribution in [1.29, 1.82) is 5.26 Å². The minimum Gasteiger partial charge on any atom is -0.476 e. The zero-order valence-electron chi connectivity index (χ0n) is 8.70. The van der Waals surface area contributed by atoms with E-state index >= 15 is 0 Å². The summed E-state index contributed by atoms with van der Waals surface area (Å²) in [6.45, 7) is 3.52. The second-order valence-electron chi connectivity index (χ2n) is 3.36. The number of benzene rings is 1. The van der Waals surface area contributed by atoms with Gasteiger partial charge in [-0.15, -0.1) is 0 Å². The molecule has 0 aliphatic rings. The SMILES string of the molecule is CC(C#N)Oc1ccc(Cl)cc1[C@@H](C)N. The van der Waals surface area contributed by atoms with Crippen molar-refractivity contribution in [3.63, 3.8) is 0 Å². The third-order valence-electron chi connectivity index (χ3n) is 1.95. The maximum absolute atomic E-state index is 8.65. The minimum absolute atomic E-state index is 0.176. The van der Waals surface area contributed by atoms with Crippen LogP contribution in [-0.4, -0.2) is 6.10 Å². The van der Waals surface area contributed by atoms with E-state index in [9.17, 15) is 0 Å². The Hall–Kier alpha value is -1.24. The molecule has 2 N–H and O–H groups in total. The molecule has 0 saturated heterocycles. The van der Waals surface area contributed by atoms with Gasteiger partial charge in [-0.1, -0.05) is 11.6 Å². The first kappa shape index (κ1) is 11.8. The molecule has 0 fully saturated rings. The summed E-state index contributed by atoms with van der Waals surface area (Å²) in [5.41, 5.74) is 6.59. The zero-order valence-corrected chi connectivity index (χ0v) is 9.45. The van der Waals surface area contributed by atoms with Gasteiger partial charge in [0.25, 0.3) is 0 Å². The lowest BCUT2D eigenvalue weighted by molar-refractivity contribution is 0.272. The summed E-state index contributed by atoms with van der Waals surface area (Å²) in [6.07, 6.45) is -0.497. The van der Waals surface area contributed by atoms with Crippen LogP contribution in [0.4, 0.5) is 0 Å². The summed E-state index contributed by atoms with van der Waals surface area (Å²) in [5.74, 6) is 0.614. The van der Waals surface area contributed by atoms with Crippen molar-refractivity contribution in [3.8, 4) is 11.8 Å². The summed E-state index contributed by atoms with van der Waals surface area (Å²) >= 11 is 5.86. The summed E-state index contributed by atoms with van der Waals surface area (Å²) in [7, 11) is 0. The predicted molar refractivity (Wildman–Crippen MR) is 59.8 cm³/mol. The first-order valence-electron chi connectivity index (χ1n) is 4.66. The van der Waals surface area contributed by atoms with E-state index in [2.05, 4.69) is 0 Å². The Labute approximate surface area is 94.4 Å². The highest BCUT2D eigenvalue weighted by Crippen LogP contribution is 2.27. The molecule has 0 heterocycles. The smallest absolute Gasteiger partial charge is 0.181 e. The molecule has 0 amide bonds. The standard InChI is InChI=1S/C11H13ClN2O/c1-7(6-13)15-11-4-3-9(12)5-10(11)8(2)14/h3-5,7-8H,14H2,1-2H3/t7?,8-/m1/s1. The Morgan fingerprint density at radius 2 is 2.13 bits per heavy atom. The van der Waals surface area contributed by atoms with E-state index in [-0.39, 0.29) is 6.04 Å². The number of rotatable bonds is 3. The molecule has 0 saturated carbocycles. The van der Waals surface area contributed by atoms with E-state index in [1.165, 1.54) is 0 Å². The summed E-state index contributed by atoms with van der Waals surface area (Å²) in [5, 5.41) is 9.26. The van der Waals surface area contributed by atoms with E-state index in [4.69, 9.17) is 27.3 Å². The molecule has 3 nitrogen and oxygen atoms in total. The van der Waals surface area contributed by atoms with Crippen LogP contribution in [0.5, 0.6) is 5.75 Å². The second-order valence-corrected chi connectivity index (χ2v) is 3.80. The molecule has 4 heteroatoms. The third-order valence-corrected chi connectivity index (χ3v) is 2.18. The Balaban J connectivity index is 3.02. The second kappa shape index (κ2) is 5.01. The monoisotopic (exact) mass is 224 g/mol. The summed E-state index contributed by atoms with van der Waals surface area (Å²) in [4.78, 5) is 0. The first-order valence-corrected chi connectivity index (χ1v) is 5.03. The van der Waals surface area contributed by atoms with Gasteiger partial charge in [-0.25, -0.2) is 0 Å². The Bertz CT molecular complexity index is 385. The van der Waals surface area contributed by atoms with Crippen LogP contribution in [-0.2, 0) is 0 Å². The van der Waals surface area contributed by atoms with E-state index in [1.54, 1.807) is 25.1 Å². The zero-order chi connectivity index (χ0) is 11.4. The van der Waals surface area contributed by atoms with Crippen LogP contribution in [0.25, 0.3) is 0 Å². The van der Waals surface area contributed by atoms with E-state index in [0.29, 0.717) is 10.8 Å². The van der Waals surface area contributed by atoms with Crippen LogP contribution in [0, 0.1) is 11.3 Å². The number of halogens is 1. The molecule has 1 rings (SSSR count). The first-order chi connectivity index (χ1) is 7.04. The number of nitrogens with two attached hydrogens (primary N) is 1. The highest BCUT2D eigenvalue weighted by atomic mass is 35.5. The van der Waals surface area contributed by atoms with Crippen molar-refractivity contribution in [1.82, 2.24) is 0 Å². The van der Waals surface area contributed by atoms with Crippen LogP contribution < -0.4 is 10.5 Å². The maximum Gasteiger partial charge on any atom is 0.181 e. The number of ether oxygens (including phenoxy) is 1. The summed E-state index contributed by atoms with van der Waals surface area (Å²) < 4.78 is 5.41. The van der Waals surface area contributed by atoms with Gasteiger partial charge in [-0.3, -0.25) is 0 Å². The minimum atomic E-state index is -0.497. The molecule has 80 valence electrons. The van der Waals surface area contributed by atoms with Crippen molar-refractivity contribution >= 4 is 11.6 Å². The number of hydrogen-bond acceptors (Lipinski definition) is 3. The molecule has 2 atom stereocenters. The molecule has 1 aromatic carbocycles. The van der Waals surface area contributed by atoms with Crippen LogP contribution in [0.2, 0.25) is 5.02 Å². The van der Waals surface area contributed by atoms with Gasteiger partial charge in [0.15, 0.2) is 6.10 Å². The third kappa shape index (κ3) is 3.12. The number of nitriles is 1. The van der Waals surface area contributed by atoms with E-state index in [0.717, 1.165) is 5.56 Å². The van der Waals surface area contributed by atoms with Gasteiger partial charge in [0, 0.05) is 16.6 Å². The highest BCUT2D eigenvalue weighted by Gasteiger charge is 2.11. The van der Waals surface area contributed by atoms with Crippen molar-refractivity contribution in [2.75, 3.05) is 0 Å². The molecular formula is C11H13ClN2O. The topological polar surface area (TPSA) is 59.0 Å². The van der Waals surface area contributed by atoms with E-state index < -0.39 is 6.10 Å². The fourth-order valence-electron chi connectivity index (χ4n) is 1.20. The molecule has 1 unspecified atom stereocenters. The number of hydrogen-bond donors (Lipinski definition) is 1. The summed E-state index contributed by atoms with van der Waals surface area (Å²) in [6, 6.07) is 7.02. The lowest BCUT2D eigenvalue weighted by Gasteiger charge is -2.15. The Morgan fingerprint density at radius 3 is 2.67 bits per heavy atom. The van der Waals surface area contributed by atoms with Crippen LogP contribution in [0.3, 0.4) is 0 Å². The predicted octanol–water partition coefficient (Wildman–Crippen LogP) is 2.65. The molecule has 0 bridgehead atoms.